The van der Waals surface area contributed by atoms with Crippen molar-refractivity contribution < 1.29 is 17.9 Å². The first kappa shape index (κ1) is 13.0. The van der Waals surface area contributed by atoms with Gasteiger partial charge in [0, 0.05) is 35.7 Å². The Morgan fingerprint density at radius 3 is 2.55 bits per heavy atom. The van der Waals surface area contributed by atoms with E-state index in [-0.39, 0.29) is 17.2 Å². The summed E-state index contributed by atoms with van der Waals surface area (Å²) in [6.45, 7) is 0.293. The van der Waals surface area contributed by atoms with Crippen LogP contribution in [0.3, 0.4) is 0 Å². The molecule has 5 heteroatoms. The van der Waals surface area contributed by atoms with Crippen LogP contribution >= 0.6 is 0 Å². The van der Waals surface area contributed by atoms with Crippen molar-refractivity contribution in [2.24, 2.45) is 5.73 Å². The quantitative estimate of drug-likeness (QED) is 0.917. The molecular weight excluding hydrogens is 267 g/mol. The minimum atomic E-state index is -0.752. The molecule has 1 aliphatic heterocycles. The number of hydrogen-bond donors (Lipinski definition) is 1. The molecule has 1 unspecified atom stereocenters. The number of rotatable bonds is 2. The fourth-order valence-electron chi connectivity index (χ4n) is 2.43. The van der Waals surface area contributed by atoms with Gasteiger partial charge in [0.2, 0.25) is 0 Å². The van der Waals surface area contributed by atoms with E-state index in [4.69, 9.17) is 10.5 Å². The highest BCUT2D eigenvalue weighted by Gasteiger charge is 2.27. The summed E-state index contributed by atoms with van der Waals surface area (Å²) in [4.78, 5) is 0. The molecule has 2 nitrogen and oxygen atoms in total. The molecule has 20 heavy (non-hydrogen) atoms. The molecule has 2 aromatic rings. The maximum absolute atomic E-state index is 13.9. The lowest BCUT2D eigenvalue weighted by Gasteiger charge is -2.12. The Kier molecular flexibility index (Phi) is 3.14. The van der Waals surface area contributed by atoms with Gasteiger partial charge in [0.25, 0.3) is 0 Å². The number of benzene rings is 2. The van der Waals surface area contributed by atoms with E-state index in [0.717, 1.165) is 12.1 Å². The molecule has 0 amide bonds. The molecule has 2 N–H and O–H groups in total. The highest BCUT2D eigenvalue weighted by Crippen LogP contribution is 2.40. The van der Waals surface area contributed by atoms with E-state index in [9.17, 15) is 13.2 Å². The number of halogens is 3. The van der Waals surface area contributed by atoms with Crippen molar-refractivity contribution in [3.8, 4) is 16.9 Å². The smallest absolute Gasteiger partial charge is 0.134 e. The molecule has 1 aliphatic rings. The van der Waals surface area contributed by atoms with Gasteiger partial charge in [0.05, 0.1) is 0 Å². The van der Waals surface area contributed by atoms with E-state index >= 15 is 0 Å². The molecule has 1 heterocycles. The first-order valence-corrected chi connectivity index (χ1v) is 6.23. The van der Waals surface area contributed by atoms with Gasteiger partial charge in [-0.25, -0.2) is 13.2 Å². The van der Waals surface area contributed by atoms with Crippen LogP contribution in [0.1, 0.15) is 5.56 Å². The normalized spacial score (nSPS) is 16.9. The second kappa shape index (κ2) is 4.83. The minimum absolute atomic E-state index is 0.111. The van der Waals surface area contributed by atoms with E-state index in [0.29, 0.717) is 24.3 Å². The molecule has 0 fully saturated rings. The lowest BCUT2D eigenvalue weighted by atomic mass is 9.99. The number of ether oxygens (including phenoxy) is 1. The van der Waals surface area contributed by atoms with E-state index < -0.39 is 17.5 Å². The number of nitrogens with two attached hydrogens (primary N) is 1. The summed E-state index contributed by atoms with van der Waals surface area (Å²) >= 11 is 0. The van der Waals surface area contributed by atoms with Gasteiger partial charge in [-0.3, -0.25) is 0 Å². The van der Waals surface area contributed by atoms with Crippen LogP contribution in [0.2, 0.25) is 0 Å². The van der Waals surface area contributed by atoms with Crippen LogP contribution in [0.15, 0.2) is 30.3 Å². The molecular formula is C15H12F3NO. The Hall–Kier alpha value is -2.01. The highest BCUT2D eigenvalue weighted by molar-refractivity contribution is 5.73. The van der Waals surface area contributed by atoms with Gasteiger partial charge in [-0.15, -0.1) is 0 Å². The number of fused-ring (bicyclic) bond motifs is 1. The van der Waals surface area contributed by atoms with Gasteiger partial charge < -0.3 is 10.5 Å². The summed E-state index contributed by atoms with van der Waals surface area (Å²) in [7, 11) is 0. The van der Waals surface area contributed by atoms with Crippen molar-refractivity contribution in [2.45, 2.75) is 12.5 Å². The van der Waals surface area contributed by atoms with Crippen LogP contribution in [-0.2, 0) is 6.42 Å². The van der Waals surface area contributed by atoms with Gasteiger partial charge in [0.1, 0.15) is 29.3 Å². The van der Waals surface area contributed by atoms with Crippen molar-refractivity contribution in [3.05, 3.63) is 53.3 Å². The van der Waals surface area contributed by atoms with E-state index in [1.807, 2.05) is 0 Å². The van der Waals surface area contributed by atoms with Gasteiger partial charge in [-0.2, -0.15) is 0 Å². The largest absolute Gasteiger partial charge is 0.488 e. The van der Waals surface area contributed by atoms with E-state index in [2.05, 4.69) is 0 Å². The van der Waals surface area contributed by atoms with Crippen LogP contribution in [0, 0.1) is 17.5 Å². The maximum Gasteiger partial charge on any atom is 0.134 e. The van der Waals surface area contributed by atoms with Crippen LogP contribution < -0.4 is 10.5 Å². The SMILES string of the molecule is NCC1Cc2cc(F)cc(-c3ccc(F)cc3F)c2O1. The van der Waals surface area contributed by atoms with Crippen molar-refractivity contribution >= 4 is 0 Å². The summed E-state index contributed by atoms with van der Waals surface area (Å²) in [5.74, 6) is -1.49. The zero-order chi connectivity index (χ0) is 14.3. The Morgan fingerprint density at radius 1 is 1.05 bits per heavy atom. The second-order valence-electron chi connectivity index (χ2n) is 4.75. The van der Waals surface area contributed by atoms with Gasteiger partial charge in [-0.05, 0) is 24.3 Å². The molecule has 0 saturated heterocycles. The summed E-state index contributed by atoms with van der Waals surface area (Å²) in [6.07, 6.45) is 0.244. The predicted molar refractivity (Wildman–Crippen MR) is 68.9 cm³/mol. The maximum atomic E-state index is 13.9. The topological polar surface area (TPSA) is 35.2 Å². The lowest BCUT2D eigenvalue weighted by Crippen LogP contribution is -2.24. The van der Waals surface area contributed by atoms with Gasteiger partial charge in [-0.1, -0.05) is 0 Å². The first-order chi connectivity index (χ1) is 9.58. The minimum Gasteiger partial charge on any atom is -0.488 e. The fourth-order valence-corrected chi connectivity index (χ4v) is 2.43. The third-order valence-corrected chi connectivity index (χ3v) is 3.35. The summed E-state index contributed by atoms with van der Waals surface area (Å²) < 4.78 is 46.1. The molecule has 3 rings (SSSR count). The highest BCUT2D eigenvalue weighted by atomic mass is 19.1. The van der Waals surface area contributed by atoms with Gasteiger partial charge >= 0.3 is 0 Å². The standard InChI is InChI=1S/C15H12F3NO/c16-9-1-2-12(14(18)6-9)13-5-10(17)3-8-4-11(7-19)20-15(8)13/h1-3,5-6,11H,4,7,19H2. The van der Waals surface area contributed by atoms with Crippen LogP contribution in [0.4, 0.5) is 13.2 Å². The van der Waals surface area contributed by atoms with Crippen LogP contribution in [0.5, 0.6) is 5.75 Å². The lowest BCUT2D eigenvalue weighted by molar-refractivity contribution is 0.242. The molecule has 0 bridgehead atoms. The Labute approximate surface area is 114 Å². The molecule has 0 spiro atoms. The number of hydrogen-bond acceptors (Lipinski definition) is 2. The molecule has 1 atom stereocenters. The van der Waals surface area contributed by atoms with Crippen molar-refractivity contribution in [3.63, 3.8) is 0 Å². The third kappa shape index (κ3) is 2.14. The molecule has 0 aliphatic carbocycles. The molecule has 104 valence electrons. The molecule has 2 aromatic carbocycles. The Balaban J connectivity index is 2.15. The van der Waals surface area contributed by atoms with Crippen molar-refractivity contribution in [1.82, 2.24) is 0 Å². The second-order valence-corrected chi connectivity index (χ2v) is 4.75. The average molecular weight is 279 g/mol. The fraction of sp³-hybridized carbons (Fsp3) is 0.200. The summed E-state index contributed by atoms with van der Waals surface area (Å²) in [5, 5.41) is 0. The summed E-state index contributed by atoms with van der Waals surface area (Å²) in [6, 6.07) is 5.72. The van der Waals surface area contributed by atoms with Crippen molar-refractivity contribution in [2.75, 3.05) is 6.54 Å². The monoisotopic (exact) mass is 279 g/mol. The van der Waals surface area contributed by atoms with Crippen LogP contribution in [0.25, 0.3) is 11.1 Å². The zero-order valence-electron chi connectivity index (χ0n) is 10.5. The van der Waals surface area contributed by atoms with E-state index in [1.165, 1.54) is 18.2 Å². The molecule has 0 saturated carbocycles. The first-order valence-electron chi connectivity index (χ1n) is 6.23. The average Bonchev–Trinajstić information content (AvgIpc) is 2.81. The summed E-state index contributed by atoms with van der Waals surface area (Å²) in [5.41, 5.74) is 6.60. The Bertz CT molecular complexity index is 672. The third-order valence-electron chi connectivity index (χ3n) is 3.35. The predicted octanol–water partition coefficient (Wildman–Crippen LogP) is 3.03. The van der Waals surface area contributed by atoms with E-state index in [1.54, 1.807) is 0 Å². The van der Waals surface area contributed by atoms with Crippen LogP contribution in [-0.4, -0.2) is 12.6 Å². The van der Waals surface area contributed by atoms with Gasteiger partial charge in [0.15, 0.2) is 0 Å². The molecule has 0 radical (unpaired) electrons. The van der Waals surface area contributed by atoms with Crippen molar-refractivity contribution in [1.29, 1.82) is 0 Å². The molecule has 0 aromatic heterocycles. The Morgan fingerprint density at radius 2 is 1.85 bits per heavy atom. The zero-order valence-corrected chi connectivity index (χ0v) is 10.5.